The smallest absolute Gasteiger partial charge is 0.243 e. The van der Waals surface area contributed by atoms with E-state index in [9.17, 15) is 4.79 Å². The maximum absolute atomic E-state index is 11.7. The highest BCUT2D eigenvalue weighted by molar-refractivity contribution is 5.88. The molecule has 0 aromatic carbocycles. The summed E-state index contributed by atoms with van der Waals surface area (Å²) in [5.41, 5.74) is 6.88. The van der Waals surface area contributed by atoms with Gasteiger partial charge >= 0.3 is 0 Å². The highest BCUT2D eigenvalue weighted by atomic mass is 16.3. The summed E-state index contributed by atoms with van der Waals surface area (Å²) in [5, 5.41) is 11.5. The van der Waals surface area contributed by atoms with Crippen LogP contribution in [-0.4, -0.2) is 24.2 Å². The minimum atomic E-state index is -0.0646. The minimum absolute atomic E-state index is 0.0646. The molecular formula is C28H47NO2. The molecule has 3 heteroatoms. The molecule has 0 aliphatic heterocycles. The molecule has 0 aromatic rings. The first kappa shape index (κ1) is 29.1. The summed E-state index contributed by atoms with van der Waals surface area (Å²) < 4.78 is 0. The number of carbonyl (C=O) groups excluding carboxylic acids is 1. The van der Waals surface area contributed by atoms with Crippen molar-refractivity contribution in [1.82, 2.24) is 5.32 Å². The van der Waals surface area contributed by atoms with Crippen molar-refractivity contribution in [2.45, 2.75) is 99.3 Å². The fourth-order valence-electron chi connectivity index (χ4n) is 3.17. The van der Waals surface area contributed by atoms with Crippen LogP contribution in [0.15, 0.2) is 58.2 Å². The molecular weight excluding hydrogens is 382 g/mol. The Morgan fingerprint density at radius 3 is 1.52 bits per heavy atom. The third-order valence-corrected chi connectivity index (χ3v) is 5.20. The van der Waals surface area contributed by atoms with Crippen LogP contribution in [0.25, 0.3) is 0 Å². The van der Waals surface area contributed by atoms with Gasteiger partial charge in [0.25, 0.3) is 0 Å². The van der Waals surface area contributed by atoms with Crippen LogP contribution in [0.1, 0.15) is 99.3 Å². The molecule has 0 spiro atoms. The minimum Gasteiger partial charge on any atom is -0.396 e. The Morgan fingerprint density at radius 1 is 0.677 bits per heavy atom. The van der Waals surface area contributed by atoms with Gasteiger partial charge in [0.2, 0.25) is 5.91 Å². The van der Waals surface area contributed by atoms with Gasteiger partial charge in [-0.25, -0.2) is 0 Å². The maximum atomic E-state index is 11.7. The number of hydrogen-bond acceptors (Lipinski definition) is 2. The first-order valence-electron chi connectivity index (χ1n) is 11.9. The third kappa shape index (κ3) is 19.8. The summed E-state index contributed by atoms with van der Waals surface area (Å²) >= 11 is 0. The fourth-order valence-corrected chi connectivity index (χ4v) is 3.17. The van der Waals surface area contributed by atoms with Crippen LogP contribution in [-0.2, 0) is 4.79 Å². The number of rotatable bonds is 16. The first-order valence-corrected chi connectivity index (χ1v) is 11.9. The summed E-state index contributed by atoms with van der Waals surface area (Å²) in [6.45, 7) is 13.6. The molecule has 0 atom stereocenters. The lowest BCUT2D eigenvalue weighted by molar-refractivity contribution is -0.116. The molecule has 2 N–H and O–H groups in total. The molecule has 0 radical (unpaired) electrons. The van der Waals surface area contributed by atoms with Gasteiger partial charge in [0, 0.05) is 19.2 Å². The van der Waals surface area contributed by atoms with Gasteiger partial charge in [-0.15, -0.1) is 0 Å². The van der Waals surface area contributed by atoms with Crippen molar-refractivity contribution in [3.63, 3.8) is 0 Å². The Labute approximate surface area is 192 Å². The highest BCUT2D eigenvalue weighted by Gasteiger charge is 1.98. The lowest BCUT2D eigenvalue weighted by Gasteiger charge is -2.04. The Hall–Kier alpha value is -1.87. The van der Waals surface area contributed by atoms with Gasteiger partial charge in [0.15, 0.2) is 0 Å². The van der Waals surface area contributed by atoms with E-state index in [1.165, 1.54) is 28.7 Å². The molecule has 0 unspecified atom stereocenters. The third-order valence-electron chi connectivity index (χ3n) is 5.20. The molecule has 0 aromatic heterocycles. The van der Waals surface area contributed by atoms with Gasteiger partial charge in [-0.3, -0.25) is 4.79 Å². The molecule has 0 heterocycles. The zero-order valence-corrected chi connectivity index (χ0v) is 21.0. The van der Waals surface area contributed by atoms with Crippen LogP contribution in [0.2, 0.25) is 0 Å². The Morgan fingerprint density at radius 2 is 1.10 bits per heavy atom. The number of amides is 1. The molecule has 1 amide bonds. The largest absolute Gasteiger partial charge is 0.396 e. The molecule has 0 aliphatic carbocycles. The molecule has 0 bridgehead atoms. The van der Waals surface area contributed by atoms with Gasteiger partial charge in [-0.2, -0.15) is 0 Å². The summed E-state index contributed by atoms with van der Waals surface area (Å²) in [6.07, 6.45) is 20.3. The lowest BCUT2D eigenvalue weighted by Crippen LogP contribution is -2.23. The SMILES string of the molecule is CC(C)=CCCC(C)=CCCC(C)=CCCC(C)=CCCC(C)=CC(=O)NCCCO. The summed E-state index contributed by atoms with van der Waals surface area (Å²) in [4.78, 5) is 11.7. The average molecular weight is 430 g/mol. The molecule has 31 heavy (non-hydrogen) atoms. The zero-order chi connectivity index (χ0) is 23.5. The molecule has 0 saturated heterocycles. The van der Waals surface area contributed by atoms with E-state index in [0.717, 1.165) is 50.5 Å². The van der Waals surface area contributed by atoms with E-state index < -0.39 is 0 Å². The summed E-state index contributed by atoms with van der Waals surface area (Å²) in [7, 11) is 0. The van der Waals surface area contributed by atoms with E-state index in [1.54, 1.807) is 6.08 Å². The van der Waals surface area contributed by atoms with Crippen molar-refractivity contribution in [3.05, 3.63) is 58.2 Å². The number of aliphatic hydroxyl groups is 1. The normalized spacial score (nSPS) is 13.4. The molecule has 0 fully saturated rings. The molecule has 3 nitrogen and oxygen atoms in total. The van der Waals surface area contributed by atoms with Crippen molar-refractivity contribution in [3.8, 4) is 0 Å². The van der Waals surface area contributed by atoms with E-state index in [2.05, 4.69) is 64.2 Å². The second-order valence-electron chi connectivity index (χ2n) is 8.95. The van der Waals surface area contributed by atoms with Crippen molar-refractivity contribution in [2.75, 3.05) is 13.2 Å². The predicted octanol–water partition coefficient (Wildman–Crippen LogP) is 7.36. The Balaban J connectivity index is 4.12. The van der Waals surface area contributed by atoms with Crippen LogP contribution in [0.3, 0.4) is 0 Å². The summed E-state index contributed by atoms with van der Waals surface area (Å²) in [6, 6.07) is 0. The van der Waals surface area contributed by atoms with E-state index in [0.29, 0.717) is 13.0 Å². The van der Waals surface area contributed by atoms with Gasteiger partial charge < -0.3 is 10.4 Å². The Bertz CT molecular complexity index is 658. The van der Waals surface area contributed by atoms with Crippen molar-refractivity contribution in [1.29, 1.82) is 0 Å². The monoisotopic (exact) mass is 429 g/mol. The topological polar surface area (TPSA) is 49.3 Å². The fraction of sp³-hybridized carbons (Fsp3) is 0.607. The van der Waals surface area contributed by atoms with E-state index in [-0.39, 0.29) is 12.5 Å². The second-order valence-corrected chi connectivity index (χ2v) is 8.95. The van der Waals surface area contributed by atoms with Crippen molar-refractivity contribution in [2.24, 2.45) is 0 Å². The molecule has 176 valence electrons. The van der Waals surface area contributed by atoms with E-state index >= 15 is 0 Å². The Kier molecular flexibility index (Phi) is 17.7. The second kappa shape index (κ2) is 18.9. The number of carbonyl (C=O) groups is 1. The first-order chi connectivity index (χ1) is 14.7. The quantitative estimate of drug-likeness (QED) is 0.153. The van der Waals surface area contributed by atoms with E-state index in [1.807, 2.05) is 6.92 Å². The van der Waals surface area contributed by atoms with Crippen LogP contribution >= 0.6 is 0 Å². The maximum Gasteiger partial charge on any atom is 0.243 e. The van der Waals surface area contributed by atoms with Gasteiger partial charge in [0.1, 0.15) is 0 Å². The predicted molar refractivity (Wildman–Crippen MR) is 136 cm³/mol. The van der Waals surface area contributed by atoms with E-state index in [4.69, 9.17) is 5.11 Å². The van der Waals surface area contributed by atoms with Crippen LogP contribution in [0.5, 0.6) is 0 Å². The molecule has 0 aliphatic rings. The molecule has 0 rings (SSSR count). The molecule has 0 saturated carbocycles. The van der Waals surface area contributed by atoms with Gasteiger partial charge in [-0.05, 0) is 99.3 Å². The number of nitrogens with one attached hydrogen (secondary N) is 1. The highest BCUT2D eigenvalue weighted by Crippen LogP contribution is 2.14. The van der Waals surface area contributed by atoms with Gasteiger partial charge in [0.05, 0.1) is 0 Å². The van der Waals surface area contributed by atoms with Crippen molar-refractivity contribution >= 4 is 5.91 Å². The summed E-state index contributed by atoms with van der Waals surface area (Å²) in [5.74, 6) is -0.0646. The number of hydrogen-bond donors (Lipinski definition) is 2. The van der Waals surface area contributed by atoms with Crippen LogP contribution in [0, 0.1) is 0 Å². The number of allylic oxidation sites excluding steroid dienone is 9. The van der Waals surface area contributed by atoms with Crippen LogP contribution < -0.4 is 5.32 Å². The van der Waals surface area contributed by atoms with Gasteiger partial charge in [-0.1, -0.05) is 52.2 Å². The zero-order valence-electron chi connectivity index (χ0n) is 21.0. The number of aliphatic hydroxyl groups excluding tert-OH is 1. The lowest BCUT2D eigenvalue weighted by atomic mass is 10.0. The average Bonchev–Trinajstić information content (AvgIpc) is 2.67. The van der Waals surface area contributed by atoms with Crippen molar-refractivity contribution < 1.29 is 9.90 Å². The van der Waals surface area contributed by atoms with Crippen LogP contribution in [0.4, 0.5) is 0 Å². The standard InChI is InChI=1S/C28H47NO2/c1-23(2)12-7-13-24(3)14-8-15-25(4)16-9-17-26(5)18-10-19-27(6)22-28(31)29-20-11-21-30/h12,14,16,18,22,30H,7-11,13,15,17,19-21H2,1-6H3,(H,29,31).